The minimum Gasteiger partial charge on any atom is -0.497 e. The number of carbonyl (C=O) groups excluding carboxylic acids is 2. The number of ether oxygens (including phenoxy) is 1. The maximum Gasteiger partial charge on any atom is 0.261 e. The summed E-state index contributed by atoms with van der Waals surface area (Å²) in [7, 11) is 1.63. The molecule has 2 aromatic carbocycles. The first-order valence-electron chi connectivity index (χ1n) is 9.24. The fourth-order valence-corrected chi connectivity index (χ4v) is 3.01. The first-order valence-corrected chi connectivity index (χ1v) is 9.24. The van der Waals surface area contributed by atoms with Gasteiger partial charge in [-0.15, -0.1) is 0 Å². The normalized spacial score (nSPS) is 13.5. The quantitative estimate of drug-likeness (QED) is 0.436. The molecule has 7 nitrogen and oxygen atoms in total. The molecule has 3 rings (SSSR count). The van der Waals surface area contributed by atoms with Crippen molar-refractivity contribution in [3.8, 4) is 5.75 Å². The van der Waals surface area contributed by atoms with E-state index in [1.54, 1.807) is 31.4 Å². The number of fused-ring (bicyclic) bond motifs is 1. The second kappa shape index (κ2) is 9.03. The van der Waals surface area contributed by atoms with E-state index >= 15 is 0 Å². The van der Waals surface area contributed by atoms with Crippen molar-refractivity contribution in [1.29, 1.82) is 0 Å². The third kappa shape index (κ3) is 4.31. The molecular formula is C21H24N4O3. The van der Waals surface area contributed by atoms with Gasteiger partial charge in [-0.1, -0.05) is 24.3 Å². The van der Waals surface area contributed by atoms with Crippen molar-refractivity contribution in [2.24, 2.45) is 4.99 Å². The molecule has 2 N–H and O–H groups in total. The number of hydrogen-bond acceptors (Lipinski definition) is 4. The lowest BCUT2D eigenvalue weighted by Crippen LogP contribution is -2.43. The molecular weight excluding hydrogens is 356 g/mol. The Labute approximate surface area is 164 Å². The van der Waals surface area contributed by atoms with Gasteiger partial charge in [-0.25, -0.2) is 4.99 Å². The number of methoxy groups -OCH3 is 1. The second-order valence-corrected chi connectivity index (χ2v) is 6.28. The summed E-state index contributed by atoms with van der Waals surface area (Å²) in [5.41, 5.74) is 1.95. The van der Waals surface area contributed by atoms with Gasteiger partial charge in [0.1, 0.15) is 5.75 Å². The van der Waals surface area contributed by atoms with Gasteiger partial charge in [0.05, 0.1) is 24.8 Å². The maximum atomic E-state index is 12.4. The van der Waals surface area contributed by atoms with Gasteiger partial charge in [0, 0.05) is 19.6 Å². The zero-order valence-electron chi connectivity index (χ0n) is 16.1. The predicted octanol–water partition coefficient (Wildman–Crippen LogP) is 2.05. The van der Waals surface area contributed by atoms with Gasteiger partial charge >= 0.3 is 0 Å². The molecule has 1 aliphatic heterocycles. The highest BCUT2D eigenvalue weighted by Gasteiger charge is 2.34. The average Bonchev–Trinajstić information content (AvgIpc) is 2.97. The number of benzene rings is 2. The zero-order chi connectivity index (χ0) is 19.9. The lowest BCUT2D eigenvalue weighted by atomic mass is 10.1. The van der Waals surface area contributed by atoms with Crippen molar-refractivity contribution >= 4 is 17.8 Å². The number of hydrogen-bond donors (Lipinski definition) is 2. The monoisotopic (exact) mass is 380 g/mol. The summed E-state index contributed by atoms with van der Waals surface area (Å²) in [6, 6.07) is 14.6. The summed E-state index contributed by atoms with van der Waals surface area (Å²) in [5, 5.41) is 6.34. The van der Waals surface area contributed by atoms with Crippen LogP contribution in [0.4, 0.5) is 0 Å². The number of nitrogens with one attached hydrogen (secondary N) is 2. The van der Waals surface area contributed by atoms with Crippen LogP contribution in [-0.2, 0) is 6.54 Å². The predicted molar refractivity (Wildman–Crippen MR) is 108 cm³/mol. The molecule has 1 heterocycles. The van der Waals surface area contributed by atoms with Gasteiger partial charge in [0.2, 0.25) is 0 Å². The molecule has 2 aromatic rings. The molecule has 146 valence electrons. The fraction of sp³-hybridized carbons (Fsp3) is 0.286. The fourth-order valence-electron chi connectivity index (χ4n) is 3.01. The zero-order valence-corrected chi connectivity index (χ0v) is 16.1. The van der Waals surface area contributed by atoms with E-state index in [9.17, 15) is 9.59 Å². The van der Waals surface area contributed by atoms with Crippen LogP contribution >= 0.6 is 0 Å². The highest BCUT2D eigenvalue weighted by molar-refractivity contribution is 6.21. The Kier molecular flexibility index (Phi) is 6.26. The number of guanidine groups is 1. The number of rotatable bonds is 7. The molecule has 2 amide bonds. The Morgan fingerprint density at radius 1 is 1.04 bits per heavy atom. The van der Waals surface area contributed by atoms with Gasteiger partial charge < -0.3 is 15.4 Å². The van der Waals surface area contributed by atoms with Gasteiger partial charge in [-0.3, -0.25) is 14.5 Å². The largest absolute Gasteiger partial charge is 0.497 e. The summed E-state index contributed by atoms with van der Waals surface area (Å²) in [6.07, 6.45) is 0. The highest BCUT2D eigenvalue weighted by Crippen LogP contribution is 2.21. The Hall–Kier alpha value is -3.35. The van der Waals surface area contributed by atoms with E-state index in [1.165, 1.54) is 4.90 Å². The minimum absolute atomic E-state index is 0.249. The smallest absolute Gasteiger partial charge is 0.261 e. The number of aliphatic imine (C=N–C) groups is 1. The number of nitrogens with zero attached hydrogens (tertiary/aromatic N) is 2. The molecule has 0 aliphatic carbocycles. The molecule has 0 atom stereocenters. The van der Waals surface area contributed by atoms with E-state index in [4.69, 9.17) is 4.74 Å². The highest BCUT2D eigenvalue weighted by atomic mass is 16.5. The van der Waals surface area contributed by atoms with Gasteiger partial charge in [0.15, 0.2) is 5.96 Å². The van der Waals surface area contributed by atoms with E-state index in [-0.39, 0.29) is 18.4 Å². The number of amides is 2. The molecule has 0 radical (unpaired) electrons. The third-order valence-electron chi connectivity index (χ3n) is 4.40. The van der Waals surface area contributed by atoms with Crippen LogP contribution in [0.5, 0.6) is 5.75 Å². The van der Waals surface area contributed by atoms with Crippen LogP contribution in [0, 0.1) is 0 Å². The molecule has 0 saturated heterocycles. The molecule has 1 aliphatic rings. The van der Waals surface area contributed by atoms with Crippen LogP contribution in [0.1, 0.15) is 33.2 Å². The lowest BCUT2D eigenvalue weighted by Gasteiger charge is -2.16. The first kappa shape index (κ1) is 19.4. The van der Waals surface area contributed by atoms with Crippen molar-refractivity contribution in [3.63, 3.8) is 0 Å². The summed E-state index contributed by atoms with van der Waals surface area (Å²) in [5.74, 6) is 0.916. The molecule has 0 spiro atoms. The van der Waals surface area contributed by atoms with E-state index in [0.717, 1.165) is 11.3 Å². The van der Waals surface area contributed by atoms with Crippen molar-refractivity contribution in [1.82, 2.24) is 15.5 Å². The van der Waals surface area contributed by atoms with Crippen LogP contribution in [0.15, 0.2) is 53.5 Å². The van der Waals surface area contributed by atoms with E-state index in [2.05, 4.69) is 15.6 Å². The standard InChI is InChI=1S/C21H24N4O3/c1-3-22-21(24-14-15-7-6-8-16(13-15)28-2)23-11-12-25-19(26)17-9-4-5-10-18(17)20(25)27/h4-10,13H,3,11-12,14H2,1-2H3,(H2,22,23,24). The minimum atomic E-state index is -0.249. The Morgan fingerprint density at radius 3 is 2.39 bits per heavy atom. The van der Waals surface area contributed by atoms with Crippen LogP contribution in [0.25, 0.3) is 0 Å². The first-order chi connectivity index (χ1) is 13.6. The van der Waals surface area contributed by atoms with Crippen LogP contribution in [-0.4, -0.2) is 49.4 Å². The van der Waals surface area contributed by atoms with Gasteiger partial charge in [-0.2, -0.15) is 0 Å². The average molecular weight is 380 g/mol. The third-order valence-corrected chi connectivity index (χ3v) is 4.40. The summed E-state index contributed by atoms with van der Waals surface area (Å²) >= 11 is 0. The van der Waals surface area contributed by atoms with E-state index in [1.807, 2.05) is 31.2 Å². The second-order valence-electron chi connectivity index (χ2n) is 6.28. The molecule has 0 bridgehead atoms. The van der Waals surface area contributed by atoms with Crippen molar-refractivity contribution < 1.29 is 14.3 Å². The number of imide groups is 1. The molecule has 0 unspecified atom stereocenters. The maximum absolute atomic E-state index is 12.4. The van der Waals surface area contributed by atoms with Crippen molar-refractivity contribution in [2.75, 3.05) is 26.7 Å². The lowest BCUT2D eigenvalue weighted by molar-refractivity contribution is 0.0657. The van der Waals surface area contributed by atoms with E-state index < -0.39 is 0 Å². The van der Waals surface area contributed by atoms with Crippen LogP contribution in [0.2, 0.25) is 0 Å². The summed E-state index contributed by atoms with van der Waals surface area (Å²) < 4.78 is 5.23. The molecule has 7 heteroatoms. The topological polar surface area (TPSA) is 83.0 Å². The molecule has 0 saturated carbocycles. The number of carbonyl (C=O) groups is 2. The van der Waals surface area contributed by atoms with Crippen molar-refractivity contribution in [2.45, 2.75) is 13.5 Å². The SMILES string of the molecule is CCNC(=NCc1cccc(OC)c1)NCCN1C(=O)c2ccccc2C1=O. The summed E-state index contributed by atoms with van der Waals surface area (Å²) in [4.78, 5) is 30.6. The molecule has 0 aromatic heterocycles. The van der Waals surface area contributed by atoms with E-state index in [0.29, 0.717) is 36.7 Å². The van der Waals surface area contributed by atoms with Gasteiger partial charge in [-0.05, 0) is 36.8 Å². The Bertz CT molecular complexity index is 860. The summed E-state index contributed by atoms with van der Waals surface area (Å²) in [6.45, 7) is 3.86. The Morgan fingerprint density at radius 2 is 1.75 bits per heavy atom. The van der Waals surface area contributed by atoms with Crippen LogP contribution in [0.3, 0.4) is 0 Å². The molecule has 28 heavy (non-hydrogen) atoms. The van der Waals surface area contributed by atoms with Gasteiger partial charge in [0.25, 0.3) is 11.8 Å². The van der Waals surface area contributed by atoms with Crippen LogP contribution < -0.4 is 15.4 Å². The Balaban J connectivity index is 1.58. The van der Waals surface area contributed by atoms with Crippen molar-refractivity contribution in [3.05, 3.63) is 65.2 Å². The molecule has 0 fully saturated rings.